The van der Waals surface area contributed by atoms with E-state index >= 15 is 0 Å². The fourth-order valence-corrected chi connectivity index (χ4v) is 3.39. The molecule has 30 heavy (non-hydrogen) atoms. The Morgan fingerprint density at radius 1 is 0.867 bits per heavy atom. The molecular formula is C26H27N3O. The van der Waals surface area contributed by atoms with Gasteiger partial charge in [0.05, 0.1) is 18.0 Å². The zero-order valence-corrected chi connectivity index (χ0v) is 17.6. The largest absolute Gasteiger partial charge is 0.494 e. The van der Waals surface area contributed by atoms with Crippen LogP contribution in [-0.2, 0) is 6.42 Å². The van der Waals surface area contributed by atoms with Crippen molar-refractivity contribution in [2.75, 3.05) is 6.61 Å². The van der Waals surface area contributed by atoms with Crippen LogP contribution in [0.3, 0.4) is 0 Å². The fraction of sp³-hybridized carbons (Fsp3) is 0.231. The van der Waals surface area contributed by atoms with Crippen molar-refractivity contribution in [1.29, 1.82) is 0 Å². The van der Waals surface area contributed by atoms with Gasteiger partial charge in [0.1, 0.15) is 5.75 Å². The van der Waals surface area contributed by atoms with Gasteiger partial charge in [0.2, 0.25) is 0 Å². The maximum absolute atomic E-state index is 5.82. The van der Waals surface area contributed by atoms with E-state index < -0.39 is 0 Å². The number of unbranched alkanes of at least 4 members (excludes halogenated alkanes) is 1. The van der Waals surface area contributed by atoms with Crippen molar-refractivity contribution in [2.45, 2.75) is 33.1 Å². The van der Waals surface area contributed by atoms with Gasteiger partial charge >= 0.3 is 0 Å². The van der Waals surface area contributed by atoms with E-state index in [-0.39, 0.29) is 0 Å². The first-order chi connectivity index (χ1) is 14.8. The van der Waals surface area contributed by atoms with Crippen LogP contribution in [0.5, 0.6) is 5.75 Å². The number of aliphatic imine (C=N–C) groups is 1. The second kappa shape index (κ2) is 9.40. The summed E-state index contributed by atoms with van der Waals surface area (Å²) in [5.74, 6) is 1.63. The Morgan fingerprint density at radius 2 is 1.67 bits per heavy atom. The van der Waals surface area contributed by atoms with Crippen molar-refractivity contribution in [3.8, 4) is 5.75 Å². The van der Waals surface area contributed by atoms with Gasteiger partial charge in [0, 0.05) is 16.7 Å². The van der Waals surface area contributed by atoms with Crippen LogP contribution in [0.1, 0.15) is 48.9 Å². The molecule has 0 amide bonds. The van der Waals surface area contributed by atoms with Crippen LogP contribution in [0.15, 0.2) is 82.9 Å². The van der Waals surface area contributed by atoms with Crippen molar-refractivity contribution in [2.24, 2.45) is 10.1 Å². The quantitative estimate of drug-likeness (QED) is 0.507. The number of nitrogens with zero attached hydrogens (tertiary/aromatic N) is 2. The number of amidine groups is 1. The van der Waals surface area contributed by atoms with Crippen LogP contribution in [0.25, 0.3) is 0 Å². The van der Waals surface area contributed by atoms with Gasteiger partial charge in [-0.15, -0.1) is 0 Å². The smallest absolute Gasteiger partial charge is 0.154 e. The van der Waals surface area contributed by atoms with Crippen molar-refractivity contribution < 1.29 is 4.74 Å². The van der Waals surface area contributed by atoms with Crippen molar-refractivity contribution in [1.82, 2.24) is 5.43 Å². The Balaban J connectivity index is 1.71. The van der Waals surface area contributed by atoms with Crippen LogP contribution >= 0.6 is 0 Å². The molecular weight excluding hydrogens is 370 g/mol. The minimum Gasteiger partial charge on any atom is -0.494 e. The van der Waals surface area contributed by atoms with Gasteiger partial charge in [-0.2, -0.15) is 5.10 Å². The maximum atomic E-state index is 5.82. The summed E-state index contributed by atoms with van der Waals surface area (Å²) in [5.41, 5.74) is 9.33. The first kappa shape index (κ1) is 19.9. The number of benzene rings is 3. The van der Waals surface area contributed by atoms with Gasteiger partial charge in [-0.05, 0) is 54.8 Å². The summed E-state index contributed by atoms with van der Waals surface area (Å²) in [6.45, 7) is 5.07. The lowest BCUT2D eigenvalue weighted by Gasteiger charge is -2.11. The van der Waals surface area contributed by atoms with Gasteiger partial charge in [-0.25, -0.2) is 4.99 Å². The minimum atomic E-state index is 0.745. The van der Waals surface area contributed by atoms with E-state index in [2.05, 4.69) is 49.6 Å². The van der Waals surface area contributed by atoms with Gasteiger partial charge in [-0.1, -0.05) is 56.7 Å². The average molecular weight is 398 g/mol. The molecule has 4 rings (SSSR count). The Kier molecular flexibility index (Phi) is 6.23. The summed E-state index contributed by atoms with van der Waals surface area (Å²) < 4.78 is 5.82. The van der Waals surface area contributed by atoms with Crippen LogP contribution < -0.4 is 10.2 Å². The lowest BCUT2D eigenvalue weighted by molar-refractivity contribution is 0.309. The van der Waals surface area contributed by atoms with E-state index in [9.17, 15) is 0 Å². The lowest BCUT2D eigenvalue weighted by Crippen LogP contribution is -2.19. The van der Waals surface area contributed by atoms with E-state index in [1.165, 1.54) is 5.56 Å². The third-order valence-electron chi connectivity index (χ3n) is 5.17. The molecule has 0 unspecified atom stereocenters. The summed E-state index contributed by atoms with van der Waals surface area (Å²) in [7, 11) is 0. The molecule has 4 heteroatoms. The summed E-state index contributed by atoms with van der Waals surface area (Å²) in [5, 5.41) is 4.77. The van der Waals surface area contributed by atoms with Crippen molar-refractivity contribution >= 4 is 17.2 Å². The number of ether oxygens (including phenoxy) is 1. The third-order valence-corrected chi connectivity index (χ3v) is 5.17. The number of fused-ring (bicyclic) bond motifs is 1. The summed E-state index contributed by atoms with van der Waals surface area (Å²) >= 11 is 0. The monoisotopic (exact) mass is 397 g/mol. The molecule has 0 aliphatic carbocycles. The van der Waals surface area contributed by atoms with Gasteiger partial charge < -0.3 is 4.74 Å². The predicted molar refractivity (Wildman–Crippen MR) is 124 cm³/mol. The number of hydrogen-bond acceptors (Lipinski definition) is 4. The van der Waals surface area contributed by atoms with E-state index in [1.54, 1.807) is 0 Å². The highest BCUT2D eigenvalue weighted by Gasteiger charge is 2.17. The van der Waals surface area contributed by atoms with E-state index in [1.807, 2.05) is 42.5 Å². The number of hydrogen-bond donors (Lipinski definition) is 1. The molecule has 3 aromatic carbocycles. The second-order valence-corrected chi connectivity index (χ2v) is 7.33. The highest BCUT2D eigenvalue weighted by molar-refractivity contribution is 6.18. The van der Waals surface area contributed by atoms with Crippen LogP contribution in [0.2, 0.25) is 0 Å². The molecule has 0 fully saturated rings. The SMILES string of the molecule is CCCCOc1ccc(C2=NNC(c3ccccc3)=Nc3ccc(CC)cc32)cc1. The maximum Gasteiger partial charge on any atom is 0.154 e. The Hall–Kier alpha value is -3.40. The molecule has 4 nitrogen and oxygen atoms in total. The summed E-state index contributed by atoms with van der Waals surface area (Å²) in [6, 6.07) is 24.7. The van der Waals surface area contributed by atoms with Crippen LogP contribution in [-0.4, -0.2) is 18.2 Å². The molecule has 0 atom stereocenters. The highest BCUT2D eigenvalue weighted by Crippen LogP contribution is 2.28. The van der Waals surface area contributed by atoms with E-state index in [0.29, 0.717) is 0 Å². The zero-order chi connectivity index (χ0) is 20.8. The zero-order valence-electron chi connectivity index (χ0n) is 17.6. The Bertz CT molecular complexity index is 1050. The van der Waals surface area contributed by atoms with Crippen LogP contribution in [0, 0.1) is 0 Å². The van der Waals surface area contributed by atoms with Gasteiger partial charge in [0.25, 0.3) is 0 Å². The summed E-state index contributed by atoms with van der Waals surface area (Å²) in [6.07, 6.45) is 3.15. The molecule has 1 aliphatic heterocycles. The molecule has 152 valence electrons. The van der Waals surface area contributed by atoms with Gasteiger partial charge in [-0.3, -0.25) is 5.43 Å². The fourth-order valence-electron chi connectivity index (χ4n) is 3.39. The molecule has 0 saturated heterocycles. The average Bonchev–Trinajstić information content (AvgIpc) is 2.99. The Morgan fingerprint density at radius 3 is 2.40 bits per heavy atom. The molecule has 1 N–H and O–H groups in total. The lowest BCUT2D eigenvalue weighted by atomic mass is 9.98. The standard InChI is InChI=1S/C26H27N3O/c1-3-5-17-30-22-14-12-20(13-15-22)25-23-18-19(4-2)11-16-24(23)27-26(29-28-25)21-9-7-6-8-10-21/h6-16,18H,3-5,17H2,1-2H3,(H,27,29). The molecule has 0 spiro atoms. The molecule has 0 bridgehead atoms. The van der Waals surface area contributed by atoms with E-state index in [0.717, 1.165) is 65.5 Å². The first-order valence-corrected chi connectivity index (χ1v) is 10.6. The Labute approximate surface area is 178 Å². The molecule has 1 aliphatic rings. The number of hydrazone groups is 1. The van der Waals surface area contributed by atoms with E-state index in [4.69, 9.17) is 14.8 Å². The molecule has 0 radical (unpaired) electrons. The van der Waals surface area contributed by atoms with Crippen LogP contribution in [0.4, 0.5) is 5.69 Å². The van der Waals surface area contributed by atoms with Crippen molar-refractivity contribution in [3.05, 3.63) is 95.1 Å². The molecule has 0 aromatic heterocycles. The minimum absolute atomic E-state index is 0.745. The molecule has 0 saturated carbocycles. The normalized spacial score (nSPS) is 12.9. The van der Waals surface area contributed by atoms with Crippen molar-refractivity contribution in [3.63, 3.8) is 0 Å². The number of nitrogens with one attached hydrogen (secondary N) is 1. The summed E-state index contributed by atoms with van der Waals surface area (Å²) in [4.78, 5) is 4.89. The second-order valence-electron chi connectivity index (χ2n) is 7.33. The highest BCUT2D eigenvalue weighted by atomic mass is 16.5. The number of aryl methyl sites for hydroxylation is 1. The predicted octanol–water partition coefficient (Wildman–Crippen LogP) is 5.86. The number of rotatable bonds is 7. The first-order valence-electron chi connectivity index (χ1n) is 10.6. The topological polar surface area (TPSA) is 46.0 Å². The third kappa shape index (κ3) is 4.43. The van der Waals surface area contributed by atoms with Gasteiger partial charge in [0.15, 0.2) is 5.84 Å². The molecule has 3 aromatic rings. The molecule has 1 heterocycles.